The molecule has 1 atom stereocenters. The van der Waals surface area contributed by atoms with Crippen molar-refractivity contribution in [1.29, 1.82) is 0 Å². The van der Waals surface area contributed by atoms with E-state index in [0.717, 1.165) is 23.3 Å². The normalized spacial score (nSPS) is 21.6. The van der Waals surface area contributed by atoms with E-state index in [2.05, 4.69) is 4.98 Å². The van der Waals surface area contributed by atoms with Gasteiger partial charge >= 0.3 is 0 Å². The van der Waals surface area contributed by atoms with Crippen molar-refractivity contribution in [2.45, 2.75) is 31.8 Å². The van der Waals surface area contributed by atoms with E-state index in [1.54, 1.807) is 6.20 Å². The summed E-state index contributed by atoms with van der Waals surface area (Å²) in [6.45, 7) is 3.49. The highest BCUT2D eigenvalue weighted by Gasteiger charge is 2.38. The van der Waals surface area contributed by atoms with Crippen molar-refractivity contribution in [2.24, 2.45) is 5.92 Å². The number of para-hydroxylation sites is 1. The van der Waals surface area contributed by atoms with Crippen LogP contribution in [-0.4, -0.2) is 40.6 Å². The lowest BCUT2D eigenvalue weighted by molar-refractivity contribution is -0.141. The summed E-state index contributed by atoms with van der Waals surface area (Å²) in [5, 5.41) is 10.9. The van der Waals surface area contributed by atoms with Gasteiger partial charge in [0.05, 0.1) is 11.6 Å². The molecule has 2 aliphatic heterocycles. The van der Waals surface area contributed by atoms with E-state index in [9.17, 15) is 9.90 Å². The summed E-state index contributed by atoms with van der Waals surface area (Å²) in [4.78, 5) is 19.2. The standard InChI is InChI=1S/C21H24N2O3/c1-15-6-7-19(22-13-15)21(25)8-10-23(11-9-21)20(24)17-12-16-4-2-3-5-18(16)26-14-17/h2-7,13,17,25H,8-12,14H2,1H3. The fraction of sp³-hybridized carbons (Fsp3) is 0.429. The van der Waals surface area contributed by atoms with Gasteiger partial charge in [0, 0.05) is 19.3 Å². The van der Waals surface area contributed by atoms with Crippen LogP contribution in [0.2, 0.25) is 0 Å². The second-order valence-electron chi connectivity index (χ2n) is 7.40. The molecule has 0 radical (unpaired) electrons. The number of hydrogen-bond acceptors (Lipinski definition) is 4. The summed E-state index contributed by atoms with van der Waals surface area (Å²) < 4.78 is 5.76. The summed E-state index contributed by atoms with van der Waals surface area (Å²) in [7, 11) is 0. The molecule has 0 spiro atoms. The Balaban J connectivity index is 1.40. The third-order valence-corrected chi connectivity index (χ3v) is 5.52. The Morgan fingerprint density at radius 3 is 2.73 bits per heavy atom. The van der Waals surface area contributed by atoms with E-state index < -0.39 is 5.60 Å². The number of rotatable bonds is 2. The van der Waals surface area contributed by atoms with Gasteiger partial charge < -0.3 is 14.7 Å². The molecule has 5 nitrogen and oxygen atoms in total. The lowest BCUT2D eigenvalue weighted by Crippen LogP contribution is -2.49. The third-order valence-electron chi connectivity index (χ3n) is 5.52. The minimum atomic E-state index is -0.944. The van der Waals surface area contributed by atoms with Gasteiger partial charge in [-0.3, -0.25) is 9.78 Å². The summed E-state index contributed by atoms with van der Waals surface area (Å²) in [6, 6.07) is 11.8. The smallest absolute Gasteiger partial charge is 0.229 e. The van der Waals surface area contributed by atoms with Crippen molar-refractivity contribution < 1.29 is 14.6 Å². The molecule has 3 heterocycles. The summed E-state index contributed by atoms with van der Waals surface area (Å²) in [5.41, 5.74) is 1.92. The molecule has 2 aromatic rings. The Morgan fingerprint density at radius 2 is 2.00 bits per heavy atom. The van der Waals surface area contributed by atoms with Crippen LogP contribution in [0.5, 0.6) is 5.75 Å². The molecule has 2 aliphatic rings. The highest BCUT2D eigenvalue weighted by Crippen LogP contribution is 2.33. The minimum Gasteiger partial charge on any atom is -0.492 e. The number of aromatic nitrogens is 1. The van der Waals surface area contributed by atoms with Gasteiger partial charge in [0.15, 0.2) is 0 Å². The molecule has 136 valence electrons. The predicted octanol–water partition coefficient (Wildman–Crippen LogP) is 2.45. The second-order valence-corrected chi connectivity index (χ2v) is 7.40. The Morgan fingerprint density at radius 1 is 1.23 bits per heavy atom. The SMILES string of the molecule is Cc1ccc(C2(O)CCN(C(=O)C3COc4ccccc4C3)CC2)nc1. The molecule has 1 N–H and O–H groups in total. The van der Waals surface area contributed by atoms with Crippen LogP contribution < -0.4 is 4.74 Å². The highest BCUT2D eigenvalue weighted by atomic mass is 16.5. The number of pyridine rings is 1. The Kier molecular flexibility index (Phi) is 4.41. The van der Waals surface area contributed by atoms with Crippen molar-refractivity contribution in [3.63, 3.8) is 0 Å². The number of ether oxygens (including phenoxy) is 1. The summed E-state index contributed by atoms with van der Waals surface area (Å²) in [5.74, 6) is 0.863. The maximum absolute atomic E-state index is 12.9. The van der Waals surface area contributed by atoms with Gasteiger partial charge in [0.1, 0.15) is 18.0 Å². The largest absolute Gasteiger partial charge is 0.492 e. The molecule has 4 rings (SSSR count). The molecule has 0 aliphatic carbocycles. The number of aryl methyl sites for hydroxylation is 1. The fourth-order valence-corrected chi connectivity index (χ4v) is 3.84. The van der Waals surface area contributed by atoms with Gasteiger partial charge in [-0.2, -0.15) is 0 Å². The van der Waals surface area contributed by atoms with E-state index in [-0.39, 0.29) is 11.8 Å². The molecule has 1 amide bonds. The fourth-order valence-electron chi connectivity index (χ4n) is 3.84. The first-order chi connectivity index (χ1) is 12.5. The van der Waals surface area contributed by atoms with Crippen molar-refractivity contribution >= 4 is 5.91 Å². The van der Waals surface area contributed by atoms with Gasteiger partial charge in [-0.1, -0.05) is 24.3 Å². The first kappa shape index (κ1) is 17.0. The van der Waals surface area contributed by atoms with E-state index >= 15 is 0 Å². The quantitative estimate of drug-likeness (QED) is 0.902. The first-order valence-corrected chi connectivity index (χ1v) is 9.20. The molecule has 26 heavy (non-hydrogen) atoms. The molecular weight excluding hydrogens is 328 g/mol. The molecule has 5 heteroatoms. The minimum absolute atomic E-state index is 0.124. The summed E-state index contributed by atoms with van der Waals surface area (Å²) >= 11 is 0. The van der Waals surface area contributed by atoms with E-state index in [1.807, 2.05) is 48.2 Å². The zero-order valence-electron chi connectivity index (χ0n) is 15.0. The third kappa shape index (κ3) is 3.19. The van der Waals surface area contributed by atoms with Gasteiger partial charge in [-0.25, -0.2) is 0 Å². The zero-order valence-corrected chi connectivity index (χ0v) is 15.0. The van der Waals surface area contributed by atoms with Crippen LogP contribution in [0.15, 0.2) is 42.6 Å². The number of benzene rings is 1. The molecule has 1 fully saturated rings. The number of nitrogens with zero attached hydrogens (tertiary/aromatic N) is 2. The molecule has 1 unspecified atom stereocenters. The van der Waals surface area contributed by atoms with Crippen molar-refractivity contribution in [2.75, 3.05) is 19.7 Å². The summed E-state index contributed by atoms with van der Waals surface area (Å²) in [6.07, 6.45) is 3.52. The number of carbonyl (C=O) groups is 1. The van der Waals surface area contributed by atoms with Crippen molar-refractivity contribution in [3.05, 3.63) is 59.4 Å². The number of fused-ring (bicyclic) bond motifs is 1. The topological polar surface area (TPSA) is 62.7 Å². The van der Waals surface area contributed by atoms with Crippen LogP contribution in [0.3, 0.4) is 0 Å². The number of piperidine rings is 1. The van der Waals surface area contributed by atoms with E-state index in [4.69, 9.17) is 4.74 Å². The Labute approximate surface area is 153 Å². The van der Waals surface area contributed by atoms with Crippen LogP contribution in [0.1, 0.15) is 29.7 Å². The number of aliphatic hydroxyl groups is 1. The zero-order chi connectivity index (χ0) is 18.1. The van der Waals surface area contributed by atoms with Crippen LogP contribution in [0.25, 0.3) is 0 Å². The molecule has 1 aromatic carbocycles. The number of carbonyl (C=O) groups excluding carboxylic acids is 1. The lowest BCUT2D eigenvalue weighted by atomic mass is 9.86. The molecule has 0 bridgehead atoms. The number of amides is 1. The van der Waals surface area contributed by atoms with Gasteiger partial charge in [0.2, 0.25) is 5.91 Å². The number of hydrogen-bond donors (Lipinski definition) is 1. The highest BCUT2D eigenvalue weighted by molar-refractivity contribution is 5.80. The van der Waals surface area contributed by atoms with Crippen molar-refractivity contribution in [3.8, 4) is 5.75 Å². The monoisotopic (exact) mass is 352 g/mol. The first-order valence-electron chi connectivity index (χ1n) is 9.20. The Bertz CT molecular complexity index is 795. The van der Waals surface area contributed by atoms with Crippen LogP contribution >= 0.6 is 0 Å². The molecule has 0 saturated carbocycles. The second kappa shape index (κ2) is 6.72. The lowest BCUT2D eigenvalue weighted by Gasteiger charge is -2.39. The van der Waals surface area contributed by atoms with Gasteiger partial charge in [-0.15, -0.1) is 0 Å². The van der Waals surface area contributed by atoms with E-state index in [1.165, 1.54) is 0 Å². The van der Waals surface area contributed by atoms with Crippen LogP contribution in [0, 0.1) is 12.8 Å². The number of likely N-dealkylation sites (tertiary alicyclic amines) is 1. The van der Waals surface area contributed by atoms with Crippen LogP contribution in [0.4, 0.5) is 0 Å². The Hall–Kier alpha value is -2.40. The van der Waals surface area contributed by atoms with Gasteiger partial charge in [0.25, 0.3) is 0 Å². The van der Waals surface area contributed by atoms with E-state index in [0.29, 0.717) is 38.2 Å². The molecule has 1 aromatic heterocycles. The van der Waals surface area contributed by atoms with Crippen molar-refractivity contribution in [1.82, 2.24) is 9.88 Å². The average Bonchev–Trinajstić information content (AvgIpc) is 2.68. The predicted molar refractivity (Wildman–Crippen MR) is 97.8 cm³/mol. The molecular formula is C21H24N2O3. The van der Waals surface area contributed by atoms with Crippen LogP contribution in [-0.2, 0) is 16.8 Å². The maximum Gasteiger partial charge on any atom is 0.229 e. The van der Waals surface area contributed by atoms with Gasteiger partial charge in [-0.05, 0) is 49.4 Å². The maximum atomic E-state index is 12.9. The average molecular weight is 352 g/mol. The molecule has 1 saturated heterocycles.